The molecule has 0 aromatic heterocycles. The number of nitrogens with one attached hydrogen (secondary N) is 3. The Labute approximate surface area is 153 Å². The number of rotatable bonds is 7. The zero-order valence-electron chi connectivity index (χ0n) is 15.2. The molecular weight excluding hydrogens is 334 g/mol. The highest BCUT2D eigenvalue weighted by molar-refractivity contribution is 5.79. The van der Waals surface area contributed by atoms with Crippen LogP contribution in [0.2, 0.25) is 0 Å². The fourth-order valence-corrected chi connectivity index (χ4v) is 3.20. The van der Waals surface area contributed by atoms with Crippen LogP contribution in [0.5, 0.6) is 0 Å². The van der Waals surface area contributed by atoms with Crippen LogP contribution in [0, 0.1) is 0 Å². The largest absolute Gasteiger partial charge is 0.481 e. The molecule has 2 unspecified atom stereocenters. The van der Waals surface area contributed by atoms with Crippen LogP contribution in [0.15, 0.2) is 30.3 Å². The lowest BCUT2D eigenvalue weighted by atomic mass is 9.87. The molecule has 26 heavy (non-hydrogen) atoms. The van der Waals surface area contributed by atoms with Gasteiger partial charge in [0.15, 0.2) is 0 Å². The third-order valence-electron chi connectivity index (χ3n) is 4.66. The van der Waals surface area contributed by atoms with Crippen LogP contribution < -0.4 is 16.0 Å². The van der Waals surface area contributed by atoms with Gasteiger partial charge in [-0.1, -0.05) is 30.3 Å². The highest BCUT2D eigenvalue weighted by Gasteiger charge is 2.36. The number of benzene rings is 1. The lowest BCUT2D eigenvalue weighted by Crippen LogP contribution is -2.63. The molecule has 1 saturated heterocycles. The van der Waals surface area contributed by atoms with Gasteiger partial charge in [0.2, 0.25) is 5.91 Å². The Kier molecular flexibility index (Phi) is 6.60. The Morgan fingerprint density at radius 2 is 2.00 bits per heavy atom. The molecule has 2 atom stereocenters. The molecule has 1 aromatic carbocycles. The van der Waals surface area contributed by atoms with Gasteiger partial charge in [-0.3, -0.25) is 9.59 Å². The Hall–Kier alpha value is -2.57. The molecule has 0 bridgehead atoms. The van der Waals surface area contributed by atoms with Crippen molar-refractivity contribution in [2.24, 2.45) is 0 Å². The van der Waals surface area contributed by atoms with Crippen molar-refractivity contribution in [2.45, 2.75) is 63.6 Å². The maximum absolute atomic E-state index is 12.4. The topological polar surface area (TPSA) is 108 Å². The van der Waals surface area contributed by atoms with Crippen LogP contribution in [0.4, 0.5) is 4.79 Å². The number of urea groups is 1. The number of hydrogen-bond donors (Lipinski definition) is 4. The summed E-state index contributed by atoms with van der Waals surface area (Å²) in [7, 11) is 0. The molecule has 0 saturated carbocycles. The molecule has 1 heterocycles. The highest BCUT2D eigenvalue weighted by atomic mass is 16.4. The van der Waals surface area contributed by atoms with Crippen molar-refractivity contribution < 1.29 is 19.5 Å². The van der Waals surface area contributed by atoms with Crippen molar-refractivity contribution in [3.8, 4) is 0 Å². The van der Waals surface area contributed by atoms with Crippen molar-refractivity contribution in [2.75, 3.05) is 0 Å². The quantitative estimate of drug-likeness (QED) is 0.594. The van der Waals surface area contributed by atoms with E-state index in [9.17, 15) is 14.4 Å². The van der Waals surface area contributed by atoms with E-state index in [0.29, 0.717) is 25.7 Å². The van der Waals surface area contributed by atoms with Crippen LogP contribution in [-0.4, -0.2) is 40.6 Å². The number of carbonyl (C=O) groups excluding carboxylic acids is 2. The summed E-state index contributed by atoms with van der Waals surface area (Å²) in [4.78, 5) is 34.9. The first-order valence-corrected chi connectivity index (χ1v) is 8.90. The van der Waals surface area contributed by atoms with E-state index in [2.05, 4.69) is 16.0 Å². The fourth-order valence-electron chi connectivity index (χ4n) is 3.20. The summed E-state index contributed by atoms with van der Waals surface area (Å²) in [5.74, 6) is -0.904. The maximum atomic E-state index is 12.4. The third kappa shape index (κ3) is 6.06. The van der Waals surface area contributed by atoms with Gasteiger partial charge in [0.05, 0.1) is 11.6 Å². The van der Waals surface area contributed by atoms with E-state index in [1.54, 1.807) is 0 Å². The van der Waals surface area contributed by atoms with Gasteiger partial charge < -0.3 is 21.1 Å². The second kappa shape index (κ2) is 8.69. The van der Waals surface area contributed by atoms with Crippen molar-refractivity contribution in [1.82, 2.24) is 16.0 Å². The van der Waals surface area contributed by atoms with Gasteiger partial charge >= 0.3 is 12.0 Å². The van der Waals surface area contributed by atoms with Crippen LogP contribution in [0.25, 0.3) is 0 Å². The van der Waals surface area contributed by atoms with E-state index in [1.165, 1.54) is 0 Å². The summed E-state index contributed by atoms with van der Waals surface area (Å²) in [5, 5.41) is 17.6. The lowest BCUT2D eigenvalue weighted by Gasteiger charge is -2.39. The number of carboxylic acid groups (broad SMARTS) is 1. The Bertz CT molecular complexity index is 645. The smallest absolute Gasteiger partial charge is 0.315 e. The van der Waals surface area contributed by atoms with E-state index in [-0.39, 0.29) is 30.4 Å². The van der Waals surface area contributed by atoms with Crippen molar-refractivity contribution in [1.29, 1.82) is 0 Å². The normalized spacial score (nSPS) is 19.9. The molecule has 3 amide bonds. The van der Waals surface area contributed by atoms with Crippen molar-refractivity contribution >= 4 is 17.9 Å². The predicted molar refractivity (Wildman–Crippen MR) is 97.7 cm³/mol. The predicted octanol–water partition coefficient (Wildman–Crippen LogP) is 1.82. The summed E-state index contributed by atoms with van der Waals surface area (Å²) in [6, 6.07) is 8.83. The van der Waals surface area contributed by atoms with E-state index < -0.39 is 11.5 Å². The highest BCUT2D eigenvalue weighted by Crippen LogP contribution is 2.19. The van der Waals surface area contributed by atoms with Gasteiger partial charge in [-0.05, 0) is 38.7 Å². The molecule has 1 aliphatic rings. The van der Waals surface area contributed by atoms with E-state index in [4.69, 9.17) is 5.11 Å². The van der Waals surface area contributed by atoms with Crippen LogP contribution in [-0.2, 0) is 16.0 Å². The van der Waals surface area contributed by atoms with Crippen LogP contribution in [0.1, 0.15) is 45.1 Å². The number of hydrogen-bond acceptors (Lipinski definition) is 3. The summed E-state index contributed by atoms with van der Waals surface area (Å²) >= 11 is 0. The van der Waals surface area contributed by atoms with Gasteiger partial charge in [-0.2, -0.15) is 0 Å². The molecule has 0 spiro atoms. The molecule has 4 N–H and O–H groups in total. The first-order chi connectivity index (χ1) is 12.3. The number of carboxylic acids is 1. The molecule has 1 aromatic rings. The number of amides is 3. The standard InChI is InChI=1S/C19H27N3O4/c1-19(2)15(9-10-16(23)22-19)21-18(26)20-14(8-11-17(24)25)12-13-6-4-3-5-7-13/h3-7,14-15H,8-12H2,1-2H3,(H,22,23)(H,24,25)(H2,20,21,26). The molecule has 142 valence electrons. The van der Waals surface area contributed by atoms with Crippen molar-refractivity contribution in [3.05, 3.63) is 35.9 Å². The Morgan fingerprint density at radius 3 is 2.62 bits per heavy atom. The van der Waals surface area contributed by atoms with E-state index in [0.717, 1.165) is 5.56 Å². The summed E-state index contributed by atoms with van der Waals surface area (Å²) in [6.45, 7) is 3.75. The number of aliphatic carboxylic acids is 1. The molecule has 1 aliphatic heterocycles. The summed E-state index contributed by atoms with van der Waals surface area (Å²) in [6.07, 6.45) is 1.85. The zero-order valence-corrected chi connectivity index (χ0v) is 15.2. The lowest BCUT2D eigenvalue weighted by molar-refractivity contribution is -0.137. The zero-order chi connectivity index (χ0) is 19.2. The molecule has 2 rings (SSSR count). The SMILES string of the molecule is CC1(C)NC(=O)CCC1NC(=O)NC(CCC(=O)O)Cc1ccccc1. The average molecular weight is 361 g/mol. The molecule has 7 nitrogen and oxygen atoms in total. The second-order valence-electron chi connectivity index (χ2n) is 7.30. The molecule has 0 aliphatic carbocycles. The molecule has 1 fully saturated rings. The van der Waals surface area contributed by atoms with Gasteiger partial charge in [-0.25, -0.2) is 4.79 Å². The second-order valence-corrected chi connectivity index (χ2v) is 7.30. The first kappa shape index (κ1) is 19.8. The fraction of sp³-hybridized carbons (Fsp3) is 0.526. The summed E-state index contributed by atoms with van der Waals surface area (Å²) < 4.78 is 0. The number of carbonyl (C=O) groups is 3. The molecule has 7 heteroatoms. The maximum Gasteiger partial charge on any atom is 0.315 e. The van der Waals surface area contributed by atoms with Crippen molar-refractivity contribution in [3.63, 3.8) is 0 Å². The molecule has 0 radical (unpaired) electrons. The van der Waals surface area contributed by atoms with Gasteiger partial charge in [0, 0.05) is 18.9 Å². The molecular formula is C19H27N3O4. The minimum absolute atomic E-state index is 0.0112. The van der Waals surface area contributed by atoms with Crippen LogP contribution in [0.3, 0.4) is 0 Å². The van der Waals surface area contributed by atoms with Gasteiger partial charge in [0.25, 0.3) is 0 Å². The Balaban J connectivity index is 1.96. The Morgan fingerprint density at radius 1 is 1.31 bits per heavy atom. The summed E-state index contributed by atoms with van der Waals surface area (Å²) in [5.41, 5.74) is 0.510. The van der Waals surface area contributed by atoms with Crippen LogP contribution >= 0.6 is 0 Å². The van der Waals surface area contributed by atoms with E-state index >= 15 is 0 Å². The van der Waals surface area contributed by atoms with E-state index in [1.807, 2.05) is 44.2 Å². The van der Waals surface area contributed by atoms with Gasteiger partial charge in [-0.15, -0.1) is 0 Å². The third-order valence-corrected chi connectivity index (χ3v) is 4.66. The van der Waals surface area contributed by atoms with Gasteiger partial charge in [0.1, 0.15) is 0 Å². The minimum atomic E-state index is -0.888. The monoisotopic (exact) mass is 361 g/mol. The average Bonchev–Trinajstić information content (AvgIpc) is 2.55. The first-order valence-electron chi connectivity index (χ1n) is 8.90. The number of piperidine rings is 1. The minimum Gasteiger partial charge on any atom is -0.481 e.